The molecule has 0 atom stereocenters. The zero-order valence-electron chi connectivity index (χ0n) is 14.0. The van der Waals surface area contributed by atoms with E-state index in [0.29, 0.717) is 23.8 Å². The van der Waals surface area contributed by atoms with E-state index in [2.05, 4.69) is 16.7 Å². The summed E-state index contributed by atoms with van der Waals surface area (Å²) in [6, 6.07) is 5.85. The van der Waals surface area contributed by atoms with Crippen molar-refractivity contribution >= 4 is 36.1 Å². The normalized spacial score (nSPS) is 11.4. The number of halogens is 1. The third-order valence-corrected chi connectivity index (χ3v) is 3.66. The molecule has 1 aromatic heterocycles. The van der Waals surface area contributed by atoms with Crippen LogP contribution in [0.25, 0.3) is 6.08 Å². The van der Waals surface area contributed by atoms with Crippen molar-refractivity contribution in [1.29, 1.82) is 0 Å². The Morgan fingerprint density at radius 1 is 1.50 bits per heavy atom. The molecule has 1 aromatic carbocycles. The van der Waals surface area contributed by atoms with Crippen LogP contribution < -0.4 is 0 Å². The summed E-state index contributed by atoms with van der Waals surface area (Å²) in [4.78, 5) is 20.2. The predicted octanol–water partition coefficient (Wildman–Crippen LogP) is 4.12. The van der Waals surface area contributed by atoms with E-state index in [9.17, 15) is 4.79 Å². The van der Waals surface area contributed by atoms with Gasteiger partial charge in [-0.25, -0.2) is 9.78 Å². The molecule has 0 aliphatic heterocycles. The SMILES string of the molecule is C=Nc1ccc(Cc2ncc(C(=O)OCC)n2C)cc1/C=C(\C)Cl. The second kappa shape index (κ2) is 7.93. The standard InChI is InChI=1S/C18H20ClN3O2/c1-5-24-18(23)16-11-21-17(22(16)4)10-13-6-7-15(20-3)14(9-13)8-12(2)19/h6-9,11H,3,5,10H2,1-2,4H3/b12-8+. The molecule has 6 heteroatoms. The fraction of sp³-hybridized carbons (Fsp3) is 0.278. The van der Waals surface area contributed by atoms with Crippen LogP contribution in [0.4, 0.5) is 5.69 Å². The number of imidazole rings is 1. The molecule has 0 N–H and O–H groups in total. The number of rotatable bonds is 6. The van der Waals surface area contributed by atoms with Gasteiger partial charge in [0.1, 0.15) is 11.5 Å². The van der Waals surface area contributed by atoms with Gasteiger partial charge in [0, 0.05) is 24.1 Å². The molecule has 0 fully saturated rings. The number of carbonyl (C=O) groups is 1. The van der Waals surface area contributed by atoms with Gasteiger partial charge in [0.15, 0.2) is 0 Å². The van der Waals surface area contributed by atoms with Crippen molar-refractivity contribution in [1.82, 2.24) is 9.55 Å². The van der Waals surface area contributed by atoms with Gasteiger partial charge in [-0.2, -0.15) is 0 Å². The molecule has 0 aliphatic rings. The maximum Gasteiger partial charge on any atom is 0.356 e. The number of ether oxygens (including phenoxy) is 1. The molecule has 0 amide bonds. The largest absolute Gasteiger partial charge is 0.461 e. The lowest BCUT2D eigenvalue weighted by molar-refractivity contribution is 0.0515. The molecule has 2 aromatic rings. The van der Waals surface area contributed by atoms with Crippen LogP contribution in [0.5, 0.6) is 0 Å². The summed E-state index contributed by atoms with van der Waals surface area (Å²) < 4.78 is 6.77. The molecule has 24 heavy (non-hydrogen) atoms. The third kappa shape index (κ3) is 4.11. The fourth-order valence-electron chi connectivity index (χ4n) is 2.38. The summed E-state index contributed by atoms with van der Waals surface area (Å²) >= 11 is 5.98. The number of aliphatic imine (C=N–C) groups is 1. The van der Waals surface area contributed by atoms with E-state index in [1.165, 1.54) is 6.20 Å². The van der Waals surface area contributed by atoms with Crippen LogP contribution in [-0.4, -0.2) is 28.8 Å². The minimum absolute atomic E-state index is 0.336. The summed E-state index contributed by atoms with van der Waals surface area (Å²) in [5, 5.41) is 0.665. The first-order valence-electron chi connectivity index (χ1n) is 7.57. The van der Waals surface area contributed by atoms with Gasteiger partial charge in [-0.3, -0.25) is 4.99 Å². The molecule has 0 radical (unpaired) electrons. The van der Waals surface area contributed by atoms with Crippen LogP contribution in [0.3, 0.4) is 0 Å². The van der Waals surface area contributed by atoms with Crippen LogP contribution >= 0.6 is 11.6 Å². The van der Waals surface area contributed by atoms with Crippen molar-refractivity contribution in [3.63, 3.8) is 0 Å². The van der Waals surface area contributed by atoms with E-state index in [4.69, 9.17) is 16.3 Å². The van der Waals surface area contributed by atoms with Crippen molar-refractivity contribution < 1.29 is 9.53 Å². The first-order chi connectivity index (χ1) is 11.5. The molecule has 126 valence electrons. The molecular weight excluding hydrogens is 326 g/mol. The number of esters is 1. The van der Waals surface area contributed by atoms with Gasteiger partial charge >= 0.3 is 5.97 Å². The quantitative estimate of drug-likeness (QED) is 0.584. The van der Waals surface area contributed by atoms with Gasteiger partial charge < -0.3 is 9.30 Å². The number of hydrogen-bond donors (Lipinski definition) is 0. The third-order valence-electron chi connectivity index (χ3n) is 3.55. The van der Waals surface area contributed by atoms with E-state index in [1.54, 1.807) is 18.5 Å². The number of carbonyl (C=O) groups excluding carboxylic acids is 1. The van der Waals surface area contributed by atoms with E-state index < -0.39 is 0 Å². The molecule has 0 aliphatic carbocycles. The number of aromatic nitrogens is 2. The topological polar surface area (TPSA) is 56.5 Å². The first-order valence-corrected chi connectivity index (χ1v) is 7.95. The number of hydrogen-bond acceptors (Lipinski definition) is 4. The van der Waals surface area contributed by atoms with Gasteiger partial charge in [0.2, 0.25) is 0 Å². The fourth-order valence-corrected chi connectivity index (χ4v) is 2.49. The van der Waals surface area contributed by atoms with Crippen molar-refractivity contribution in [2.45, 2.75) is 20.3 Å². The average Bonchev–Trinajstić information content (AvgIpc) is 2.88. The lowest BCUT2D eigenvalue weighted by Crippen LogP contribution is -2.11. The van der Waals surface area contributed by atoms with Crippen LogP contribution in [-0.2, 0) is 18.2 Å². The highest BCUT2D eigenvalue weighted by molar-refractivity contribution is 6.31. The summed E-state index contributed by atoms with van der Waals surface area (Å²) in [5.74, 6) is 0.404. The van der Waals surface area contributed by atoms with Gasteiger partial charge in [-0.15, -0.1) is 0 Å². The predicted molar refractivity (Wildman–Crippen MR) is 97.1 cm³/mol. The average molecular weight is 346 g/mol. The highest BCUT2D eigenvalue weighted by Gasteiger charge is 2.15. The smallest absolute Gasteiger partial charge is 0.356 e. The van der Waals surface area contributed by atoms with Crippen LogP contribution in [0.1, 0.15) is 41.3 Å². The number of nitrogens with zero attached hydrogens (tertiary/aromatic N) is 3. The Labute approximate surface area is 146 Å². The Morgan fingerprint density at radius 2 is 2.25 bits per heavy atom. The zero-order chi connectivity index (χ0) is 17.7. The summed E-state index contributed by atoms with van der Waals surface area (Å²) in [7, 11) is 1.80. The van der Waals surface area contributed by atoms with Crippen LogP contribution in [0, 0.1) is 0 Å². The molecular formula is C18H20ClN3O2. The highest BCUT2D eigenvalue weighted by Crippen LogP contribution is 2.25. The van der Waals surface area contributed by atoms with Crippen molar-refractivity contribution in [3.05, 3.63) is 52.1 Å². The maximum atomic E-state index is 11.9. The van der Waals surface area contributed by atoms with E-state index >= 15 is 0 Å². The minimum atomic E-state index is -0.369. The van der Waals surface area contributed by atoms with Gasteiger partial charge in [-0.05, 0) is 44.3 Å². The minimum Gasteiger partial charge on any atom is -0.461 e. The molecule has 0 unspecified atom stereocenters. The van der Waals surface area contributed by atoms with Gasteiger partial charge in [-0.1, -0.05) is 17.7 Å². The van der Waals surface area contributed by atoms with Gasteiger partial charge in [0.05, 0.1) is 18.5 Å². The molecule has 0 saturated heterocycles. The Kier molecular flexibility index (Phi) is 5.93. The Bertz CT molecular complexity index is 790. The molecule has 5 nitrogen and oxygen atoms in total. The van der Waals surface area contributed by atoms with Crippen LogP contribution in [0.2, 0.25) is 0 Å². The number of benzene rings is 1. The second-order valence-corrected chi connectivity index (χ2v) is 5.89. The molecule has 1 heterocycles. The van der Waals surface area contributed by atoms with E-state index in [1.807, 2.05) is 31.2 Å². The lowest BCUT2D eigenvalue weighted by atomic mass is 10.1. The zero-order valence-corrected chi connectivity index (χ0v) is 14.8. The van der Waals surface area contributed by atoms with Gasteiger partial charge in [0.25, 0.3) is 0 Å². The summed E-state index contributed by atoms with van der Waals surface area (Å²) in [6.45, 7) is 7.50. The van der Waals surface area contributed by atoms with E-state index in [-0.39, 0.29) is 5.97 Å². The Balaban J connectivity index is 2.30. The second-order valence-electron chi connectivity index (χ2n) is 5.30. The number of allylic oxidation sites excluding steroid dienone is 1. The summed E-state index contributed by atoms with van der Waals surface area (Å²) in [6.07, 6.45) is 3.96. The first kappa shape index (κ1) is 17.9. The van der Waals surface area contributed by atoms with Crippen molar-refractivity contribution in [2.75, 3.05) is 6.61 Å². The van der Waals surface area contributed by atoms with E-state index in [0.717, 1.165) is 22.6 Å². The molecule has 0 spiro atoms. The monoisotopic (exact) mass is 345 g/mol. The molecule has 0 saturated carbocycles. The lowest BCUT2D eigenvalue weighted by Gasteiger charge is -2.08. The van der Waals surface area contributed by atoms with Crippen molar-refractivity contribution in [2.24, 2.45) is 12.0 Å². The van der Waals surface area contributed by atoms with Crippen molar-refractivity contribution in [3.8, 4) is 0 Å². The maximum absolute atomic E-state index is 11.9. The molecule has 2 rings (SSSR count). The Hall–Kier alpha value is -2.40. The van der Waals surface area contributed by atoms with Crippen LogP contribution in [0.15, 0.2) is 34.4 Å². The highest BCUT2D eigenvalue weighted by atomic mass is 35.5. The molecule has 0 bridgehead atoms. The Morgan fingerprint density at radius 3 is 2.88 bits per heavy atom. The summed E-state index contributed by atoms with van der Waals surface area (Å²) in [5.41, 5.74) is 3.14.